The van der Waals surface area contributed by atoms with E-state index in [1.807, 2.05) is 57.2 Å². The van der Waals surface area contributed by atoms with Crippen LogP contribution in [-0.2, 0) is 6.54 Å². The van der Waals surface area contributed by atoms with Gasteiger partial charge in [0.2, 0.25) is 5.95 Å². The molecule has 0 aliphatic carbocycles. The molecule has 0 saturated heterocycles. The van der Waals surface area contributed by atoms with Crippen molar-refractivity contribution in [2.45, 2.75) is 27.3 Å². The highest BCUT2D eigenvalue weighted by molar-refractivity contribution is 6.31. The lowest BCUT2D eigenvalue weighted by Gasteiger charge is -2.10. The molecule has 0 aliphatic rings. The van der Waals surface area contributed by atoms with Crippen molar-refractivity contribution in [2.24, 2.45) is 0 Å². The van der Waals surface area contributed by atoms with Gasteiger partial charge in [-0.2, -0.15) is 0 Å². The summed E-state index contributed by atoms with van der Waals surface area (Å²) in [6, 6.07) is 15.3. The molecule has 0 saturated carbocycles. The Morgan fingerprint density at radius 2 is 1.85 bits per heavy atom. The molecule has 1 heterocycles. The summed E-state index contributed by atoms with van der Waals surface area (Å²) in [6.07, 6.45) is 0. The van der Waals surface area contributed by atoms with Crippen molar-refractivity contribution in [2.75, 3.05) is 5.32 Å². The molecule has 2 aromatic carbocycles. The van der Waals surface area contributed by atoms with E-state index in [0.717, 1.165) is 22.4 Å². The predicted molar refractivity (Wildman–Crippen MR) is 109 cm³/mol. The van der Waals surface area contributed by atoms with E-state index in [4.69, 9.17) is 11.6 Å². The number of aryl methyl sites for hydroxylation is 3. The maximum absolute atomic E-state index is 12.5. The van der Waals surface area contributed by atoms with Gasteiger partial charge in [0, 0.05) is 22.9 Å². The summed E-state index contributed by atoms with van der Waals surface area (Å²) in [5, 5.41) is 6.66. The smallest absolute Gasteiger partial charge is 0.270 e. The SMILES string of the molecule is Cc1cccc(CNC(=O)c2cc(C)nc(Nc3ccc(C)c(Cl)c3)n2)c1. The van der Waals surface area contributed by atoms with Gasteiger partial charge in [0.25, 0.3) is 5.91 Å². The van der Waals surface area contributed by atoms with Gasteiger partial charge in [-0.3, -0.25) is 4.79 Å². The minimum atomic E-state index is -0.244. The molecular weight excluding hydrogens is 360 g/mol. The Bertz CT molecular complexity index is 988. The van der Waals surface area contributed by atoms with Gasteiger partial charge < -0.3 is 10.6 Å². The molecular formula is C21H21ClN4O. The minimum absolute atomic E-state index is 0.244. The maximum Gasteiger partial charge on any atom is 0.270 e. The lowest BCUT2D eigenvalue weighted by molar-refractivity contribution is 0.0945. The Kier molecular flexibility index (Phi) is 5.72. The summed E-state index contributed by atoms with van der Waals surface area (Å²) in [7, 11) is 0. The number of hydrogen-bond donors (Lipinski definition) is 2. The summed E-state index contributed by atoms with van der Waals surface area (Å²) in [6.45, 7) is 6.23. The number of aromatic nitrogens is 2. The van der Waals surface area contributed by atoms with E-state index in [-0.39, 0.29) is 5.91 Å². The first kappa shape index (κ1) is 18.9. The van der Waals surface area contributed by atoms with Crippen LogP contribution in [-0.4, -0.2) is 15.9 Å². The zero-order valence-corrected chi connectivity index (χ0v) is 16.3. The van der Waals surface area contributed by atoms with Gasteiger partial charge in [-0.25, -0.2) is 9.97 Å². The van der Waals surface area contributed by atoms with Gasteiger partial charge in [-0.1, -0.05) is 47.5 Å². The number of halogens is 1. The third-order valence-corrected chi connectivity index (χ3v) is 4.46. The van der Waals surface area contributed by atoms with E-state index in [2.05, 4.69) is 20.6 Å². The second-order valence-corrected chi connectivity index (χ2v) is 6.89. The van der Waals surface area contributed by atoms with E-state index >= 15 is 0 Å². The van der Waals surface area contributed by atoms with Crippen LogP contribution in [0, 0.1) is 20.8 Å². The second kappa shape index (κ2) is 8.18. The molecule has 0 spiro atoms. The number of anilines is 2. The van der Waals surface area contributed by atoms with E-state index < -0.39 is 0 Å². The van der Waals surface area contributed by atoms with Crippen LogP contribution in [0.25, 0.3) is 0 Å². The molecule has 27 heavy (non-hydrogen) atoms. The molecule has 0 atom stereocenters. The molecule has 1 amide bonds. The Hall–Kier alpha value is -2.92. The molecule has 3 aromatic rings. The fraction of sp³-hybridized carbons (Fsp3) is 0.190. The van der Waals surface area contributed by atoms with Crippen molar-refractivity contribution in [1.82, 2.24) is 15.3 Å². The van der Waals surface area contributed by atoms with E-state index in [1.54, 1.807) is 12.1 Å². The lowest BCUT2D eigenvalue weighted by Crippen LogP contribution is -2.24. The zero-order valence-electron chi connectivity index (χ0n) is 15.5. The quantitative estimate of drug-likeness (QED) is 0.671. The lowest BCUT2D eigenvalue weighted by atomic mass is 10.1. The van der Waals surface area contributed by atoms with Crippen LogP contribution in [0.1, 0.15) is 32.9 Å². The third-order valence-electron chi connectivity index (χ3n) is 4.05. The standard InChI is InChI=1S/C21H21ClN4O/c1-13-5-4-6-16(9-13)12-23-20(27)19-10-15(3)24-21(26-19)25-17-8-7-14(2)18(22)11-17/h4-11H,12H2,1-3H3,(H,23,27)(H,24,25,26). The topological polar surface area (TPSA) is 66.9 Å². The molecule has 2 N–H and O–H groups in total. The van der Waals surface area contributed by atoms with Crippen molar-refractivity contribution in [1.29, 1.82) is 0 Å². The van der Waals surface area contributed by atoms with Crippen molar-refractivity contribution >= 4 is 29.1 Å². The molecule has 0 aliphatic heterocycles. The molecule has 0 radical (unpaired) electrons. The maximum atomic E-state index is 12.5. The number of benzene rings is 2. The van der Waals surface area contributed by atoms with Crippen molar-refractivity contribution in [3.05, 3.63) is 81.6 Å². The minimum Gasteiger partial charge on any atom is -0.347 e. The van der Waals surface area contributed by atoms with E-state index in [0.29, 0.717) is 28.9 Å². The van der Waals surface area contributed by atoms with Gasteiger partial charge in [0.1, 0.15) is 5.69 Å². The number of nitrogens with zero attached hydrogens (tertiary/aromatic N) is 2. The summed E-state index contributed by atoms with van der Waals surface area (Å²) in [5.41, 5.74) is 4.97. The molecule has 0 fully saturated rings. The Morgan fingerprint density at radius 1 is 1.04 bits per heavy atom. The highest BCUT2D eigenvalue weighted by Crippen LogP contribution is 2.22. The largest absolute Gasteiger partial charge is 0.347 e. The summed E-state index contributed by atoms with van der Waals surface area (Å²) in [5.74, 6) is 0.114. The monoisotopic (exact) mass is 380 g/mol. The number of hydrogen-bond acceptors (Lipinski definition) is 4. The average Bonchev–Trinajstić information content (AvgIpc) is 2.62. The van der Waals surface area contributed by atoms with Crippen LogP contribution in [0.5, 0.6) is 0 Å². The fourth-order valence-corrected chi connectivity index (χ4v) is 2.82. The highest BCUT2D eigenvalue weighted by Gasteiger charge is 2.11. The molecule has 0 bridgehead atoms. The molecule has 138 valence electrons. The first-order chi connectivity index (χ1) is 12.9. The first-order valence-corrected chi connectivity index (χ1v) is 9.01. The van der Waals surface area contributed by atoms with Crippen molar-refractivity contribution < 1.29 is 4.79 Å². The average molecular weight is 381 g/mol. The normalized spacial score (nSPS) is 10.5. The summed E-state index contributed by atoms with van der Waals surface area (Å²) >= 11 is 6.16. The first-order valence-electron chi connectivity index (χ1n) is 8.63. The molecule has 3 rings (SSSR count). The fourth-order valence-electron chi connectivity index (χ4n) is 2.64. The second-order valence-electron chi connectivity index (χ2n) is 6.48. The Morgan fingerprint density at radius 3 is 2.59 bits per heavy atom. The zero-order chi connectivity index (χ0) is 19.4. The van der Waals surface area contributed by atoms with Crippen molar-refractivity contribution in [3.63, 3.8) is 0 Å². The van der Waals surface area contributed by atoms with Gasteiger partial charge in [-0.15, -0.1) is 0 Å². The summed E-state index contributed by atoms with van der Waals surface area (Å²) < 4.78 is 0. The van der Waals surface area contributed by atoms with Crippen LogP contribution in [0.4, 0.5) is 11.6 Å². The van der Waals surface area contributed by atoms with Crippen LogP contribution in [0.15, 0.2) is 48.5 Å². The van der Waals surface area contributed by atoms with Crippen molar-refractivity contribution in [3.8, 4) is 0 Å². The number of carbonyl (C=O) groups is 1. The van der Waals surface area contributed by atoms with Gasteiger partial charge >= 0.3 is 0 Å². The number of amides is 1. The molecule has 6 heteroatoms. The van der Waals surface area contributed by atoms with E-state index in [1.165, 1.54) is 0 Å². The van der Waals surface area contributed by atoms with Crippen LogP contribution in [0.2, 0.25) is 5.02 Å². The third kappa shape index (κ3) is 5.05. The van der Waals surface area contributed by atoms with Gasteiger partial charge in [0.05, 0.1) is 0 Å². The number of rotatable bonds is 5. The molecule has 0 unspecified atom stereocenters. The highest BCUT2D eigenvalue weighted by atomic mass is 35.5. The van der Waals surface area contributed by atoms with Gasteiger partial charge in [-0.05, 0) is 50.1 Å². The van der Waals surface area contributed by atoms with E-state index in [9.17, 15) is 4.79 Å². The number of carbonyl (C=O) groups excluding carboxylic acids is 1. The molecule has 5 nitrogen and oxygen atoms in total. The van der Waals surface area contributed by atoms with Gasteiger partial charge in [0.15, 0.2) is 0 Å². The Balaban J connectivity index is 1.73. The molecule has 1 aromatic heterocycles. The van der Waals surface area contributed by atoms with Crippen LogP contribution < -0.4 is 10.6 Å². The Labute approximate surface area is 163 Å². The van der Waals surface area contributed by atoms with Crippen LogP contribution in [0.3, 0.4) is 0 Å². The summed E-state index contributed by atoms with van der Waals surface area (Å²) in [4.78, 5) is 21.2. The predicted octanol–water partition coefficient (Wildman–Crippen LogP) is 4.73. The number of nitrogens with one attached hydrogen (secondary N) is 2. The van der Waals surface area contributed by atoms with Crippen LogP contribution >= 0.6 is 11.6 Å².